The molecule has 3 nitrogen and oxygen atoms in total. The number of fused-ring (bicyclic) bond motifs is 5. The van der Waals surface area contributed by atoms with Gasteiger partial charge in [-0.15, -0.1) is 0 Å². The SMILES string of the molecule is [2H]c1nc(-c2c3ccccc3c(-c3ccc(-c4ccc5ccc6cccnc6c5n4)cc3)c3ccccc23)c([2H])c([2H])c1[2H]. The van der Waals surface area contributed by atoms with E-state index < -0.39 is 0 Å². The highest BCUT2D eigenvalue weighted by atomic mass is 14.7. The van der Waals surface area contributed by atoms with Crippen molar-refractivity contribution in [1.82, 2.24) is 15.0 Å². The summed E-state index contributed by atoms with van der Waals surface area (Å²) < 4.78 is 33.2. The van der Waals surface area contributed by atoms with E-state index in [2.05, 4.69) is 64.6 Å². The van der Waals surface area contributed by atoms with Gasteiger partial charge in [-0.1, -0.05) is 103 Å². The summed E-state index contributed by atoms with van der Waals surface area (Å²) in [5.74, 6) is 0. The van der Waals surface area contributed by atoms with Gasteiger partial charge in [0.1, 0.15) is 0 Å². The summed E-state index contributed by atoms with van der Waals surface area (Å²) in [6.07, 6.45) is 1.49. The van der Waals surface area contributed by atoms with E-state index in [1.165, 1.54) is 0 Å². The molecule has 0 amide bonds. The maximum absolute atomic E-state index is 8.68. The zero-order chi connectivity index (χ0) is 29.9. The molecule has 0 bridgehead atoms. The lowest BCUT2D eigenvalue weighted by Crippen LogP contribution is -1.92. The quantitative estimate of drug-likeness (QED) is 0.174. The first-order chi connectivity index (χ1) is 21.5. The van der Waals surface area contributed by atoms with Crippen molar-refractivity contribution in [1.29, 1.82) is 0 Å². The number of nitrogens with zero attached hydrogens (tertiary/aromatic N) is 3. The van der Waals surface area contributed by atoms with Gasteiger partial charge in [-0.05, 0) is 56.9 Å². The maximum atomic E-state index is 8.68. The van der Waals surface area contributed by atoms with Crippen LogP contribution in [0.5, 0.6) is 0 Å². The predicted octanol–water partition coefficient (Wildman–Crippen LogP) is 9.49. The van der Waals surface area contributed by atoms with E-state index in [9.17, 15) is 0 Å². The Hall–Kier alpha value is -5.41. The Kier molecular flexibility index (Phi) is 4.28. The van der Waals surface area contributed by atoms with Crippen molar-refractivity contribution in [2.45, 2.75) is 0 Å². The van der Waals surface area contributed by atoms with E-state index in [1.54, 1.807) is 6.20 Å². The molecule has 0 unspecified atom stereocenters. The topological polar surface area (TPSA) is 38.7 Å². The second-order valence-corrected chi connectivity index (χ2v) is 9.77. The van der Waals surface area contributed by atoms with E-state index in [0.717, 1.165) is 65.7 Å². The highest BCUT2D eigenvalue weighted by Crippen LogP contribution is 2.43. The van der Waals surface area contributed by atoms with Gasteiger partial charge in [-0.2, -0.15) is 0 Å². The molecule has 8 rings (SSSR count). The van der Waals surface area contributed by atoms with Crippen LogP contribution in [0.2, 0.25) is 0 Å². The van der Waals surface area contributed by atoms with Crippen LogP contribution in [0, 0.1) is 0 Å². The molecule has 0 saturated carbocycles. The molecule has 3 heteroatoms. The lowest BCUT2D eigenvalue weighted by Gasteiger charge is -2.17. The Balaban J connectivity index is 1.33. The van der Waals surface area contributed by atoms with E-state index >= 15 is 0 Å². The summed E-state index contributed by atoms with van der Waals surface area (Å²) in [5, 5.41) is 5.81. The standard InChI is InChI=1S/C37H23N3/c1-3-11-30-28(9-1)34(29-10-2-4-12-31(29)35(30)33-13-5-6-22-38-33)25-16-14-24(15-17-25)32-21-20-27-19-18-26-8-7-23-39-36(26)37(27)40-32/h1-23H/i5D,6D,13D,22D. The summed E-state index contributed by atoms with van der Waals surface area (Å²) >= 11 is 0. The van der Waals surface area contributed by atoms with E-state index in [-0.39, 0.29) is 30.0 Å². The molecule has 40 heavy (non-hydrogen) atoms. The van der Waals surface area contributed by atoms with Crippen LogP contribution in [-0.4, -0.2) is 15.0 Å². The van der Waals surface area contributed by atoms with Crippen molar-refractivity contribution in [2.24, 2.45) is 0 Å². The fourth-order valence-electron chi connectivity index (χ4n) is 5.74. The largest absolute Gasteiger partial charge is 0.256 e. The molecule has 3 aromatic heterocycles. The second-order valence-electron chi connectivity index (χ2n) is 9.77. The van der Waals surface area contributed by atoms with Crippen LogP contribution < -0.4 is 0 Å². The molecule has 0 aliphatic rings. The molecule has 0 radical (unpaired) electrons. The molecular formula is C37H23N3. The van der Waals surface area contributed by atoms with Gasteiger partial charge in [0, 0.05) is 34.3 Å². The molecule has 0 atom stereocenters. The number of hydrogen-bond acceptors (Lipinski definition) is 3. The first kappa shape index (κ1) is 18.8. The van der Waals surface area contributed by atoms with Gasteiger partial charge in [0.25, 0.3) is 0 Å². The van der Waals surface area contributed by atoms with Gasteiger partial charge in [0.05, 0.1) is 27.9 Å². The molecule has 8 aromatic rings. The van der Waals surface area contributed by atoms with E-state index in [0.29, 0.717) is 5.56 Å². The van der Waals surface area contributed by atoms with E-state index in [1.807, 2.05) is 54.6 Å². The molecule has 186 valence electrons. The van der Waals surface area contributed by atoms with Crippen molar-refractivity contribution in [3.8, 4) is 33.6 Å². The second kappa shape index (κ2) is 9.11. The third kappa shape index (κ3) is 3.56. The van der Waals surface area contributed by atoms with Crippen LogP contribution in [0.3, 0.4) is 0 Å². The van der Waals surface area contributed by atoms with Gasteiger partial charge in [-0.25, -0.2) is 4.98 Å². The van der Waals surface area contributed by atoms with Crippen molar-refractivity contribution in [2.75, 3.05) is 0 Å². The van der Waals surface area contributed by atoms with Crippen molar-refractivity contribution in [3.63, 3.8) is 0 Å². The third-order valence-corrected chi connectivity index (χ3v) is 7.54. The summed E-state index contributed by atoms with van der Waals surface area (Å²) in [5.41, 5.74) is 6.66. The minimum absolute atomic E-state index is 0.149. The van der Waals surface area contributed by atoms with Gasteiger partial charge >= 0.3 is 0 Å². The van der Waals surface area contributed by atoms with Crippen LogP contribution in [0.15, 0.2) is 140 Å². The van der Waals surface area contributed by atoms with Crippen molar-refractivity contribution < 1.29 is 5.48 Å². The van der Waals surface area contributed by atoms with Crippen molar-refractivity contribution in [3.05, 3.63) is 140 Å². The molecule has 0 spiro atoms. The highest BCUT2D eigenvalue weighted by Gasteiger charge is 2.17. The lowest BCUT2D eigenvalue weighted by atomic mass is 9.87. The number of hydrogen-bond donors (Lipinski definition) is 0. The summed E-state index contributed by atoms with van der Waals surface area (Å²) in [7, 11) is 0. The average molecular weight is 514 g/mol. The molecule has 0 aliphatic heterocycles. The van der Waals surface area contributed by atoms with Gasteiger partial charge in [-0.3, -0.25) is 9.97 Å². The minimum Gasteiger partial charge on any atom is -0.256 e. The number of benzene rings is 5. The summed E-state index contributed by atoms with van der Waals surface area (Å²) in [4.78, 5) is 14.0. The molecule has 0 aliphatic carbocycles. The van der Waals surface area contributed by atoms with E-state index in [4.69, 9.17) is 10.5 Å². The molecule has 5 aromatic carbocycles. The average Bonchev–Trinajstić information content (AvgIpc) is 3.08. The molecular weight excluding hydrogens is 486 g/mol. The molecule has 0 N–H and O–H groups in total. The van der Waals surface area contributed by atoms with Gasteiger partial charge < -0.3 is 0 Å². The van der Waals surface area contributed by atoms with Crippen molar-refractivity contribution >= 4 is 43.4 Å². The smallest absolute Gasteiger partial charge is 0.0972 e. The normalized spacial score (nSPS) is 12.9. The summed E-state index contributed by atoms with van der Waals surface area (Å²) in [6, 6.07) is 35.9. The van der Waals surface area contributed by atoms with Crippen LogP contribution in [0.1, 0.15) is 5.48 Å². The molecule has 0 fully saturated rings. The number of rotatable bonds is 3. The van der Waals surface area contributed by atoms with Gasteiger partial charge in [0.15, 0.2) is 0 Å². The minimum atomic E-state index is -0.338. The lowest BCUT2D eigenvalue weighted by molar-refractivity contribution is 1.34. The predicted molar refractivity (Wildman–Crippen MR) is 166 cm³/mol. The zero-order valence-electron chi connectivity index (χ0n) is 25.3. The zero-order valence-corrected chi connectivity index (χ0v) is 21.3. The Morgan fingerprint density at radius 2 is 1.10 bits per heavy atom. The Labute approximate surface area is 237 Å². The third-order valence-electron chi connectivity index (χ3n) is 7.54. The van der Waals surface area contributed by atoms with Crippen LogP contribution in [0.4, 0.5) is 0 Å². The maximum Gasteiger partial charge on any atom is 0.0972 e. The molecule has 0 saturated heterocycles. The van der Waals surface area contributed by atoms with Crippen LogP contribution in [-0.2, 0) is 0 Å². The fourth-order valence-corrected chi connectivity index (χ4v) is 5.74. The Bertz CT molecular complexity index is 2380. The first-order valence-electron chi connectivity index (χ1n) is 15.1. The highest BCUT2D eigenvalue weighted by molar-refractivity contribution is 6.21. The number of aromatic nitrogens is 3. The van der Waals surface area contributed by atoms with Crippen LogP contribution in [0.25, 0.3) is 77.0 Å². The monoisotopic (exact) mass is 513 g/mol. The van der Waals surface area contributed by atoms with Crippen LogP contribution >= 0.6 is 0 Å². The Morgan fingerprint density at radius 1 is 0.475 bits per heavy atom. The number of pyridine rings is 3. The fraction of sp³-hybridized carbons (Fsp3) is 0. The molecule has 3 heterocycles. The summed E-state index contributed by atoms with van der Waals surface area (Å²) in [6.45, 7) is 0. The Morgan fingerprint density at radius 3 is 1.82 bits per heavy atom. The van der Waals surface area contributed by atoms with Gasteiger partial charge in [0.2, 0.25) is 0 Å². The first-order valence-corrected chi connectivity index (χ1v) is 13.1.